The summed E-state index contributed by atoms with van der Waals surface area (Å²) in [5.74, 6) is -1.26. The van der Waals surface area contributed by atoms with Crippen molar-refractivity contribution in [2.75, 3.05) is 19.8 Å². The van der Waals surface area contributed by atoms with Crippen molar-refractivity contribution in [3.8, 4) is 0 Å². The van der Waals surface area contributed by atoms with Crippen LogP contribution in [0.1, 0.15) is 27.7 Å². The zero-order chi connectivity index (χ0) is 13.5. The molecule has 0 amide bonds. The average Bonchev–Trinajstić information content (AvgIpc) is 2.22. The molecule has 0 aliphatic rings. The number of carbonyl (C=O) groups excluding carboxylic acids is 1. The Morgan fingerprint density at radius 2 is 2.06 bits per heavy atom. The van der Waals surface area contributed by atoms with Gasteiger partial charge in [0.15, 0.2) is 5.79 Å². The van der Waals surface area contributed by atoms with E-state index in [2.05, 4.69) is 6.58 Å². The first-order valence-corrected chi connectivity index (χ1v) is 5.53. The normalized spacial score (nSPS) is 13.2. The van der Waals surface area contributed by atoms with E-state index in [9.17, 15) is 4.79 Å². The third-order valence-corrected chi connectivity index (χ3v) is 1.82. The largest absolute Gasteiger partial charge is 0.460 e. The first-order valence-electron chi connectivity index (χ1n) is 5.53. The number of carbonyl (C=O) groups is 1. The lowest BCUT2D eigenvalue weighted by atomic mass is 10.3. The van der Waals surface area contributed by atoms with E-state index in [0.29, 0.717) is 5.57 Å². The van der Waals surface area contributed by atoms with E-state index in [1.54, 1.807) is 27.7 Å². The van der Waals surface area contributed by atoms with Gasteiger partial charge in [-0.1, -0.05) is 6.58 Å². The van der Waals surface area contributed by atoms with Crippen molar-refractivity contribution < 1.29 is 24.1 Å². The molecule has 0 rings (SSSR count). The molecule has 0 aliphatic carbocycles. The summed E-state index contributed by atoms with van der Waals surface area (Å²) >= 11 is 0. The van der Waals surface area contributed by atoms with Crippen molar-refractivity contribution in [1.82, 2.24) is 0 Å². The first-order chi connectivity index (χ1) is 7.78. The number of hydrogen-bond donors (Lipinski definition) is 1. The second-order valence-corrected chi connectivity index (χ2v) is 4.28. The minimum Gasteiger partial charge on any atom is -0.460 e. The van der Waals surface area contributed by atoms with Gasteiger partial charge in [-0.25, -0.2) is 4.79 Å². The molecule has 1 unspecified atom stereocenters. The fraction of sp³-hybridized carbons (Fsp3) is 0.750. The smallest absolute Gasteiger partial charge is 0.333 e. The highest BCUT2D eigenvalue weighted by Crippen LogP contribution is 2.14. The highest BCUT2D eigenvalue weighted by molar-refractivity contribution is 5.86. The fourth-order valence-electron chi connectivity index (χ4n) is 1.16. The molecular formula is C12H22O5. The van der Waals surface area contributed by atoms with Crippen LogP contribution in [0.4, 0.5) is 0 Å². The Morgan fingerprint density at radius 1 is 1.47 bits per heavy atom. The molecule has 0 aliphatic heterocycles. The summed E-state index contributed by atoms with van der Waals surface area (Å²) in [5, 5.41) is 8.64. The van der Waals surface area contributed by atoms with Crippen LogP contribution in [0.25, 0.3) is 0 Å². The van der Waals surface area contributed by atoms with Crippen LogP contribution in [0.3, 0.4) is 0 Å². The molecule has 0 aromatic rings. The van der Waals surface area contributed by atoms with Crippen molar-refractivity contribution in [3.05, 3.63) is 12.2 Å². The Kier molecular flexibility index (Phi) is 7.03. The Bertz CT molecular complexity index is 260. The molecule has 0 heterocycles. The summed E-state index contributed by atoms with van der Waals surface area (Å²) in [7, 11) is 0. The fourth-order valence-corrected chi connectivity index (χ4v) is 1.16. The highest BCUT2D eigenvalue weighted by atomic mass is 16.7. The SMILES string of the molecule is C=C(C)C(=O)OCC(C)OC(C)(C)OCCO. The van der Waals surface area contributed by atoms with Crippen LogP contribution < -0.4 is 0 Å². The zero-order valence-corrected chi connectivity index (χ0v) is 11.0. The summed E-state index contributed by atoms with van der Waals surface area (Å²) in [6, 6.07) is 0. The minimum atomic E-state index is -0.822. The minimum absolute atomic E-state index is 0.0637. The van der Waals surface area contributed by atoms with Crippen molar-refractivity contribution in [3.63, 3.8) is 0 Å². The van der Waals surface area contributed by atoms with Gasteiger partial charge in [0.25, 0.3) is 0 Å². The van der Waals surface area contributed by atoms with Gasteiger partial charge in [0, 0.05) is 5.57 Å². The summed E-state index contributed by atoms with van der Waals surface area (Å²) < 4.78 is 15.8. The van der Waals surface area contributed by atoms with Crippen LogP contribution in [0.2, 0.25) is 0 Å². The molecule has 5 nitrogen and oxygen atoms in total. The predicted octanol–water partition coefficient (Wildman–Crippen LogP) is 1.26. The van der Waals surface area contributed by atoms with Crippen molar-refractivity contribution >= 4 is 5.97 Å². The maximum atomic E-state index is 11.1. The molecule has 0 fully saturated rings. The maximum Gasteiger partial charge on any atom is 0.333 e. The third-order valence-electron chi connectivity index (χ3n) is 1.82. The second kappa shape index (κ2) is 7.42. The number of esters is 1. The monoisotopic (exact) mass is 246 g/mol. The van der Waals surface area contributed by atoms with Gasteiger partial charge in [-0.05, 0) is 27.7 Å². The van der Waals surface area contributed by atoms with Crippen LogP contribution in [0, 0.1) is 0 Å². The Labute approximate surface area is 102 Å². The molecular weight excluding hydrogens is 224 g/mol. The average molecular weight is 246 g/mol. The van der Waals surface area contributed by atoms with E-state index in [-0.39, 0.29) is 25.9 Å². The lowest BCUT2D eigenvalue weighted by Gasteiger charge is -2.28. The molecule has 1 atom stereocenters. The van der Waals surface area contributed by atoms with Crippen molar-refractivity contribution in [1.29, 1.82) is 0 Å². The quantitative estimate of drug-likeness (QED) is 0.397. The van der Waals surface area contributed by atoms with Gasteiger partial charge in [0.2, 0.25) is 0 Å². The molecule has 5 heteroatoms. The van der Waals surface area contributed by atoms with Crippen molar-refractivity contribution in [2.45, 2.75) is 39.6 Å². The van der Waals surface area contributed by atoms with E-state index >= 15 is 0 Å². The number of hydrogen-bond acceptors (Lipinski definition) is 5. The van der Waals surface area contributed by atoms with Gasteiger partial charge >= 0.3 is 5.97 Å². The van der Waals surface area contributed by atoms with E-state index in [1.165, 1.54) is 0 Å². The van der Waals surface area contributed by atoms with Crippen molar-refractivity contribution in [2.24, 2.45) is 0 Å². The summed E-state index contributed by atoms with van der Waals surface area (Å²) in [6.07, 6.45) is -0.299. The van der Waals surface area contributed by atoms with Crippen LogP contribution in [-0.2, 0) is 19.0 Å². The van der Waals surface area contributed by atoms with Gasteiger partial charge < -0.3 is 19.3 Å². The molecule has 0 spiro atoms. The third kappa shape index (κ3) is 7.90. The molecule has 0 saturated heterocycles. The van der Waals surface area contributed by atoms with Gasteiger partial charge in [0.05, 0.1) is 19.3 Å². The molecule has 0 saturated carbocycles. The molecule has 0 bridgehead atoms. The van der Waals surface area contributed by atoms with Gasteiger partial charge in [0.1, 0.15) is 6.61 Å². The lowest BCUT2D eigenvalue weighted by Crippen LogP contribution is -2.35. The number of aliphatic hydroxyl groups is 1. The van der Waals surface area contributed by atoms with Crippen LogP contribution in [-0.4, -0.2) is 42.8 Å². The van der Waals surface area contributed by atoms with Crippen LogP contribution >= 0.6 is 0 Å². The number of ether oxygens (including phenoxy) is 3. The molecule has 0 aromatic carbocycles. The highest BCUT2D eigenvalue weighted by Gasteiger charge is 2.22. The molecule has 0 radical (unpaired) electrons. The molecule has 17 heavy (non-hydrogen) atoms. The van der Waals surface area contributed by atoms with E-state index in [4.69, 9.17) is 19.3 Å². The molecule has 1 N–H and O–H groups in total. The summed E-state index contributed by atoms with van der Waals surface area (Å²) in [5.41, 5.74) is 0.355. The van der Waals surface area contributed by atoms with Gasteiger partial charge in [-0.3, -0.25) is 0 Å². The Balaban J connectivity index is 3.95. The predicted molar refractivity (Wildman–Crippen MR) is 63.4 cm³/mol. The number of rotatable bonds is 8. The second-order valence-electron chi connectivity index (χ2n) is 4.28. The van der Waals surface area contributed by atoms with Gasteiger partial charge in [-0.2, -0.15) is 0 Å². The van der Waals surface area contributed by atoms with Crippen LogP contribution in [0.5, 0.6) is 0 Å². The van der Waals surface area contributed by atoms with Crippen LogP contribution in [0.15, 0.2) is 12.2 Å². The molecule has 0 aromatic heterocycles. The topological polar surface area (TPSA) is 65.0 Å². The summed E-state index contributed by atoms with van der Waals surface area (Å²) in [6.45, 7) is 10.6. The lowest BCUT2D eigenvalue weighted by molar-refractivity contribution is -0.242. The molecule has 100 valence electrons. The Hall–Kier alpha value is -0.910. The van der Waals surface area contributed by atoms with E-state index in [1.807, 2.05) is 0 Å². The Morgan fingerprint density at radius 3 is 2.53 bits per heavy atom. The summed E-state index contributed by atoms with van der Waals surface area (Å²) in [4.78, 5) is 11.1. The van der Waals surface area contributed by atoms with E-state index < -0.39 is 11.8 Å². The van der Waals surface area contributed by atoms with E-state index in [0.717, 1.165) is 0 Å². The maximum absolute atomic E-state index is 11.1. The zero-order valence-electron chi connectivity index (χ0n) is 11.0. The van der Waals surface area contributed by atoms with Gasteiger partial charge in [-0.15, -0.1) is 0 Å². The standard InChI is InChI=1S/C12H22O5/c1-9(2)11(14)15-8-10(3)17-12(4,5)16-7-6-13/h10,13H,1,6-8H2,2-5H3. The number of aliphatic hydroxyl groups excluding tert-OH is 1. The first kappa shape index (κ1) is 16.1.